The van der Waals surface area contributed by atoms with Gasteiger partial charge in [0.05, 0.1) is 23.7 Å². The summed E-state index contributed by atoms with van der Waals surface area (Å²) < 4.78 is 57.7. The number of rotatable bonds is 7. The third-order valence-electron chi connectivity index (χ3n) is 6.65. The summed E-state index contributed by atoms with van der Waals surface area (Å²) in [7, 11) is -2.25. The molecule has 2 atom stereocenters. The maximum atomic E-state index is 13.8. The van der Waals surface area contributed by atoms with E-state index in [0.29, 0.717) is 22.5 Å². The fourth-order valence-electron chi connectivity index (χ4n) is 4.55. The summed E-state index contributed by atoms with van der Waals surface area (Å²) in [6.07, 6.45) is 4.44. The number of carbonyl (C=O) groups is 1. The molecule has 1 fully saturated rings. The Hall–Kier alpha value is -2.89. The molecule has 0 bridgehead atoms. The standard InChI is InChI=1S/C29H40FN3O6S/c1-18(2)24-23(16-15-22-17-29(27(4,5)6,37-19(3)34)39-28(7,8)38-22)25(20-11-13-21(30)14-12-20)32-26(31-24)33(9)40(10,35)36/h11-16,18,22H,17H2,1-10H3/b16-15+/t22-,29+/m1/s1. The predicted octanol–water partition coefficient (Wildman–Crippen LogP) is 5.66. The number of nitrogens with zero attached hydrogens (tertiary/aromatic N) is 3. The molecule has 1 aromatic heterocycles. The van der Waals surface area contributed by atoms with Gasteiger partial charge in [0.1, 0.15) is 5.82 Å². The zero-order chi connectivity index (χ0) is 30.3. The van der Waals surface area contributed by atoms with Gasteiger partial charge < -0.3 is 14.2 Å². The molecule has 40 heavy (non-hydrogen) atoms. The molecule has 1 saturated heterocycles. The molecule has 2 aromatic rings. The third kappa shape index (κ3) is 7.05. The molecule has 9 nitrogen and oxygen atoms in total. The number of aromatic nitrogens is 2. The second kappa shape index (κ2) is 11.2. The average Bonchev–Trinajstić information content (AvgIpc) is 2.79. The molecule has 2 heterocycles. The van der Waals surface area contributed by atoms with Gasteiger partial charge in [0.25, 0.3) is 0 Å². The van der Waals surface area contributed by atoms with Gasteiger partial charge in [-0.1, -0.05) is 46.8 Å². The van der Waals surface area contributed by atoms with Crippen LogP contribution in [-0.4, -0.2) is 55.3 Å². The first-order valence-electron chi connectivity index (χ1n) is 13.1. The minimum absolute atomic E-state index is 0.00716. The summed E-state index contributed by atoms with van der Waals surface area (Å²) in [6.45, 7) is 14.6. The first kappa shape index (κ1) is 31.6. The van der Waals surface area contributed by atoms with Crippen LogP contribution in [0.3, 0.4) is 0 Å². The summed E-state index contributed by atoms with van der Waals surface area (Å²) in [5.41, 5.74) is 1.69. The Balaban J connectivity index is 2.20. The Bertz CT molecular complexity index is 1380. The summed E-state index contributed by atoms with van der Waals surface area (Å²) in [6, 6.07) is 5.81. The molecule has 0 saturated carbocycles. The summed E-state index contributed by atoms with van der Waals surface area (Å²) >= 11 is 0. The molecule has 0 amide bonds. The Kier molecular flexibility index (Phi) is 8.84. The Morgan fingerprint density at radius 3 is 2.30 bits per heavy atom. The van der Waals surface area contributed by atoms with Gasteiger partial charge in [-0.2, -0.15) is 0 Å². The lowest BCUT2D eigenvalue weighted by Crippen LogP contribution is -2.60. The van der Waals surface area contributed by atoms with Crippen LogP contribution >= 0.6 is 0 Å². The molecular formula is C29H40FN3O6S. The number of ether oxygens (including phenoxy) is 3. The lowest BCUT2D eigenvalue weighted by atomic mass is 9.80. The van der Waals surface area contributed by atoms with Crippen molar-refractivity contribution >= 4 is 28.0 Å². The van der Waals surface area contributed by atoms with Gasteiger partial charge in [-0.05, 0) is 44.0 Å². The van der Waals surface area contributed by atoms with E-state index in [1.807, 2.05) is 46.8 Å². The van der Waals surface area contributed by atoms with Crippen LogP contribution in [0, 0.1) is 11.2 Å². The zero-order valence-corrected chi connectivity index (χ0v) is 25.7. The van der Waals surface area contributed by atoms with E-state index in [-0.39, 0.29) is 18.3 Å². The van der Waals surface area contributed by atoms with E-state index in [1.165, 1.54) is 26.1 Å². The van der Waals surface area contributed by atoms with Crippen molar-refractivity contribution in [3.05, 3.63) is 47.4 Å². The number of carbonyl (C=O) groups excluding carboxylic acids is 1. The lowest BCUT2D eigenvalue weighted by Gasteiger charge is -2.52. The van der Waals surface area contributed by atoms with Crippen molar-refractivity contribution in [2.45, 2.75) is 85.4 Å². The minimum atomic E-state index is -3.64. The highest BCUT2D eigenvalue weighted by Crippen LogP contribution is 2.46. The molecule has 1 aliphatic heterocycles. The third-order valence-corrected chi connectivity index (χ3v) is 7.81. The van der Waals surface area contributed by atoms with Crippen LogP contribution in [0.15, 0.2) is 30.3 Å². The van der Waals surface area contributed by atoms with Crippen LogP contribution in [0.5, 0.6) is 0 Å². The molecule has 1 aromatic carbocycles. The van der Waals surface area contributed by atoms with E-state index in [4.69, 9.17) is 14.2 Å². The topological polar surface area (TPSA) is 108 Å². The van der Waals surface area contributed by atoms with Gasteiger partial charge in [-0.25, -0.2) is 27.1 Å². The molecule has 0 aliphatic carbocycles. The summed E-state index contributed by atoms with van der Waals surface area (Å²) in [5.74, 6) is -3.31. The van der Waals surface area contributed by atoms with Crippen molar-refractivity contribution < 1.29 is 31.8 Å². The molecule has 1 aliphatic rings. The Labute approximate surface area is 236 Å². The minimum Gasteiger partial charge on any atom is -0.432 e. The van der Waals surface area contributed by atoms with E-state index in [1.54, 1.807) is 26.0 Å². The van der Waals surface area contributed by atoms with Crippen LogP contribution in [0.25, 0.3) is 17.3 Å². The smallest absolute Gasteiger partial charge is 0.305 e. The van der Waals surface area contributed by atoms with Crippen molar-refractivity contribution in [1.29, 1.82) is 0 Å². The number of halogens is 1. The van der Waals surface area contributed by atoms with Crippen LogP contribution in [0.4, 0.5) is 10.3 Å². The predicted molar refractivity (Wildman–Crippen MR) is 152 cm³/mol. The number of esters is 1. The number of hydrogen-bond acceptors (Lipinski definition) is 8. The first-order chi connectivity index (χ1) is 18.2. The van der Waals surface area contributed by atoms with E-state index >= 15 is 0 Å². The summed E-state index contributed by atoms with van der Waals surface area (Å²) in [4.78, 5) is 21.3. The maximum absolute atomic E-state index is 13.8. The first-order valence-corrected chi connectivity index (χ1v) is 15.0. The van der Waals surface area contributed by atoms with Crippen LogP contribution in [-0.2, 0) is 29.0 Å². The number of benzene rings is 1. The fraction of sp³-hybridized carbons (Fsp3) is 0.552. The molecular weight excluding hydrogens is 537 g/mol. The van der Waals surface area contributed by atoms with Gasteiger partial charge in [-0.15, -0.1) is 0 Å². The average molecular weight is 578 g/mol. The largest absolute Gasteiger partial charge is 0.432 e. The molecule has 0 radical (unpaired) electrons. The van der Waals surface area contributed by atoms with Crippen molar-refractivity contribution in [3.8, 4) is 11.3 Å². The van der Waals surface area contributed by atoms with Gasteiger partial charge in [0.15, 0.2) is 5.79 Å². The van der Waals surface area contributed by atoms with Crippen LogP contribution < -0.4 is 4.31 Å². The highest BCUT2D eigenvalue weighted by molar-refractivity contribution is 7.92. The Morgan fingerprint density at radius 1 is 1.20 bits per heavy atom. The van der Waals surface area contributed by atoms with Gasteiger partial charge in [0, 0.05) is 36.9 Å². The van der Waals surface area contributed by atoms with Crippen molar-refractivity contribution in [3.63, 3.8) is 0 Å². The molecule has 3 rings (SSSR count). The maximum Gasteiger partial charge on any atom is 0.305 e. The zero-order valence-electron chi connectivity index (χ0n) is 24.9. The Morgan fingerprint density at radius 2 is 1.80 bits per heavy atom. The second-order valence-electron chi connectivity index (χ2n) is 11.9. The van der Waals surface area contributed by atoms with Gasteiger partial charge in [0.2, 0.25) is 21.8 Å². The fourth-order valence-corrected chi connectivity index (χ4v) is 4.93. The monoisotopic (exact) mass is 577 g/mol. The van der Waals surface area contributed by atoms with Gasteiger partial charge in [-0.3, -0.25) is 4.79 Å². The van der Waals surface area contributed by atoms with Crippen molar-refractivity contribution in [2.75, 3.05) is 17.6 Å². The second-order valence-corrected chi connectivity index (χ2v) is 13.9. The number of anilines is 1. The lowest BCUT2D eigenvalue weighted by molar-refractivity contribution is -0.410. The highest BCUT2D eigenvalue weighted by atomic mass is 32.2. The number of hydrogen-bond donors (Lipinski definition) is 0. The van der Waals surface area contributed by atoms with Crippen LogP contribution in [0.2, 0.25) is 0 Å². The van der Waals surface area contributed by atoms with E-state index in [0.717, 1.165) is 10.6 Å². The van der Waals surface area contributed by atoms with Crippen LogP contribution in [0.1, 0.15) is 79.0 Å². The van der Waals surface area contributed by atoms with Crippen molar-refractivity contribution in [1.82, 2.24) is 9.97 Å². The van der Waals surface area contributed by atoms with Gasteiger partial charge >= 0.3 is 5.97 Å². The van der Waals surface area contributed by atoms with E-state index in [9.17, 15) is 17.6 Å². The quantitative estimate of drug-likeness (QED) is 0.388. The molecule has 220 valence electrons. The van der Waals surface area contributed by atoms with Crippen molar-refractivity contribution in [2.24, 2.45) is 5.41 Å². The highest BCUT2D eigenvalue weighted by Gasteiger charge is 2.55. The summed E-state index contributed by atoms with van der Waals surface area (Å²) in [5, 5.41) is 0. The molecule has 0 N–H and O–H groups in total. The molecule has 11 heteroatoms. The number of sulfonamides is 1. The normalized spacial score (nSPS) is 21.6. The molecule has 0 unspecified atom stereocenters. The van der Waals surface area contributed by atoms with E-state index in [2.05, 4.69) is 9.97 Å². The SMILES string of the molecule is CC(=O)O[C@@]1(C(C)(C)C)C[C@@H](/C=C/c2c(-c3ccc(F)cc3)nc(N(C)S(C)(=O)=O)nc2C(C)C)OC(C)(C)O1. The van der Waals surface area contributed by atoms with E-state index < -0.39 is 44.9 Å². The molecule has 0 spiro atoms.